The van der Waals surface area contributed by atoms with Gasteiger partial charge in [-0.3, -0.25) is 4.99 Å². The highest BCUT2D eigenvalue weighted by molar-refractivity contribution is 8.02. The van der Waals surface area contributed by atoms with Crippen LogP contribution in [-0.4, -0.2) is 12.6 Å². The Morgan fingerprint density at radius 3 is 1.95 bits per heavy atom. The van der Waals surface area contributed by atoms with Crippen molar-refractivity contribution < 1.29 is 0 Å². The minimum absolute atomic E-state index is 0.0916. The first-order chi connectivity index (χ1) is 9.86. The zero-order chi connectivity index (χ0) is 14.2. The maximum atomic E-state index is 5.57. The van der Waals surface area contributed by atoms with Gasteiger partial charge in [0.05, 0.1) is 11.6 Å². The van der Waals surface area contributed by atoms with Crippen molar-refractivity contribution in [2.75, 3.05) is 5.88 Å². The molecule has 0 radical (unpaired) electrons. The Kier molecular flexibility index (Phi) is 5.59. The maximum absolute atomic E-state index is 5.57. The van der Waals surface area contributed by atoms with Crippen LogP contribution in [0, 0.1) is 0 Å². The lowest BCUT2D eigenvalue weighted by molar-refractivity contribution is 0.936. The molecule has 102 valence electrons. The predicted molar refractivity (Wildman–Crippen MR) is 89.0 cm³/mol. The number of benzene rings is 2. The first kappa shape index (κ1) is 14.6. The van der Waals surface area contributed by atoms with Gasteiger partial charge in [-0.05, 0) is 23.3 Å². The number of hydrogen-bond acceptors (Lipinski definition) is 3. The topological polar surface area (TPSA) is 38.4 Å². The van der Waals surface area contributed by atoms with Gasteiger partial charge in [-0.15, -0.1) is 11.8 Å². The molecule has 2 aromatic carbocycles. The summed E-state index contributed by atoms with van der Waals surface area (Å²) in [6, 6.07) is 20.7. The lowest BCUT2D eigenvalue weighted by Gasteiger charge is -2.18. The largest absolute Gasteiger partial charge is 0.322 e. The predicted octanol–water partition coefficient (Wildman–Crippen LogP) is 4.01. The molecule has 0 aliphatic rings. The van der Waals surface area contributed by atoms with E-state index >= 15 is 0 Å². The summed E-state index contributed by atoms with van der Waals surface area (Å²) in [6.07, 6.45) is 0. The third-order valence-corrected chi connectivity index (χ3v) is 3.65. The highest BCUT2D eigenvalue weighted by Crippen LogP contribution is 2.33. The molecule has 0 aliphatic heterocycles. The van der Waals surface area contributed by atoms with Crippen LogP contribution < -0.4 is 5.73 Å². The fraction of sp³-hybridized carbons (Fsp3) is 0.118. The first-order valence-corrected chi connectivity index (χ1v) is 7.50. The fourth-order valence-electron chi connectivity index (χ4n) is 2.16. The number of allylic oxidation sites excluding steroid dienone is 1. The standard InChI is InChI=1S/C17H18N2S/c1-19-16(12-20-13-18)17(14-8-4-2-5-9-14)15-10-6-3-7-11-15/h2-12,17H,1,13,18H2/b16-12-. The van der Waals surface area contributed by atoms with Crippen molar-refractivity contribution in [2.24, 2.45) is 10.7 Å². The molecule has 2 rings (SSSR count). The van der Waals surface area contributed by atoms with Crippen LogP contribution in [0.4, 0.5) is 0 Å². The van der Waals surface area contributed by atoms with Crippen molar-refractivity contribution in [1.82, 2.24) is 0 Å². The van der Waals surface area contributed by atoms with E-state index in [1.807, 2.05) is 41.8 Å². The van der Waals surface area contributed by atoms with Crippen molar-refractivity contribution in [1.29, 1.82) is 0 Å². The molecular weight excluding hydrogens is 264 g/mol. The van der Waals surface area contributed by atoms with Gasteiger partial charge in [0.25, 0.3) is 0 Å². The van der Waals surface area contributed by atoms with Crippen LogP contribution in [0.3, 0.4) is 0 Å². The molecule has 20 heavy (non-hydrogen) atoms. The minimum Gasteiger partial charge on any atom is -0.322 e. The molecule has 0 bridgehead atoms. The van der Waals surface area contributed by atoms with E-state index < -0.39 is 0 Å². The number of nitrogens with zero attached hydrogens (tertiary/aromatic N) is 1. The van der Waals surface area contributed by atoms with Gasteiger partial charge in [0, 0.05) is 5.88 Å². The van der Waals surface area contributed by atoms with Crippen LogP contribution in [0.5, 0.6) is 0 Å². The van der Waals surface area contributed by atoms with Gasteiger partial charge >= 0.3 is 0 Å². The molecule has 2 N–H and O–H groups in total. The van der Waals surface area contributed by atoms with Crippen molar-refractivity contribution in [3.63, 3.8) is 0 Å². The molecule has 0 spiro atoms. The Hall–Kier alpha value is -1.84. The van der Waals surface area contributed by atoms with Gasteiger partial charge in [-0.2, -0.15) is 0 Å². The van der Waals surface area contributed by atoms with Crippen molar-refractivity contribution in [2.45, 2.75) is 5.92 Å². The Morgan fingerprint density at radius 2 is 1.55 bits per heavy atom. The molecule has 3 heteroatoms. The second kappa shape index (κ2) is 7.68. The second-order valence-corrected chi connectivity index (χ2v) is 5.19. The van der Waals surface area contributed by atoms with Crippen LogP contribution in [0.2, 0.25) is 0 Å². The lowest BCUT2D eigenvalue weighted by atomic mass is 9.89. The van der Waals surface area contributed by atoms with Gasteiger partial charge in [-0.1, -0.05) is 60.7 Å². The van der Waals surface area contributed by atoms with E-state index in [0.29, 0.717) is 5.88 Å². The number of aliphatic imine (C=N–C) groups is 1. The van der Waals surface area contributed by atoms with Crippen molar-refractivity contribution in [3.8, 4) is 0 Å². The third-order valence-electron chi connectivity index (χ3n) is 3.04. The van der Waals surface area contributed by atoms with E-state index in [9.17, 15) is 0 Å². The van der Waals surface area contributed by atoms with Crippen LogP contribution in [0.15, 0.2) is 76.8 Å². The van der Waals surface area contributed by atoms with Gasteiger partial charge in [0.15, 0.2) is 0 Å². The SMILES string of the molecule is C=N/C(=C\SCN)C(c1ccccc1)c1ccccc1. The van der Waals surface area contributed by atoms with Gasteiger partial charge in [0.2, 0.25) is 0 Å². The summed E-state index contributed by atoms with van der Waals surface area (Å²) in [5.74, 6) is 0.629. The fourth-order valence-corrected chi connectivity index (χ4v) is 2.63. The molecule has 0 atom stereocenters. The molecule has 0 aliphatic carbocycles. The summed E-state index contributed by atoms with van der Waals surface area (Å²) in [5, 5.41) is 2.00. The van der Waals surface area contributed by atoms with Crippen LogP contribution in [0.1, 0.15) is 17.0 Å². The summed E-state index contributed by atoms with van der Waals surface area (Å²) in [4.78, 5) is 4.21. The molecule has 0 amide bonds. The van der Waals surface area contributed by atoms with E-state index in [0.717, 1.165) is 5.70 Å². The average molecular weight is 282 g/mol. The van der Waals surface area contributed by atoms with Crippen LogP contribution in [0.25, 0.3) is 0 Å². The van der Waals surface area contributed by atoms with Crippen molar-refractivity contribution >= 4 is 18.5 Å². The Balaban J connectivity index is 2.47. The normalized spacial score (nSPS) is 11.6. The van der Waals surface area contributed by atoms with E-state index in [2.05, 4.69) is 36.0 Å². The zero-order valence-electron chi connectivity index (χ0n) is 11.3. The summed E-state index contributed by atoms with van der Waals surface area (Å²) < 4.78 is 0. The molecule has 0 saturated carbocycles. The van der Waals surface area contributed by atoms with Gasteiger partial charge < -0.3 is 5.73 Å². The van der Waals surface area contributed by atoms with Gasteiger partial charge in [-0.25, -0.2) is 0 Å². The number of rotatable bonds is 6. The second-order valence-electron chi connectivity index (χ2n) is 4.29. The van der Waals surface area contributed by atoms with E-state index in [1.54, 1.807) is 11.8 Å². The molecule has 0 heterocycles. The molecule has 0 saturated heterocycles. The van der Waals surface area contributed by atoms with Crippen LogP contribution >= 0.6 is 11.8 Å². The highest BCUT2D eigenvalue weighted by atomic mass is 32.2. The van der Waals surface area contributed by atoms with E-state index in [1.165, 1.54) is 11.1 Å². The molecular formula is C17H18N2S. The summed E-state index contributed by atoms with van der Waals surface area (Å²) in [7, 11) is 0. The molecule has 2 nitrogen and oxygen atoms in total. The lowest BCUT2D eigenvalue weighted by Crippen LogP contribution is -2.03. The summed E-state index contributed by atoms with van der Waals surface area (Å²) in [5.41, 5.74) is 8.90. The first-order valence-electron chi connectivity index (χ1n) is 6.45. The molecule has 0 unspecified atom stereocenters. The number of nitrogens with two attached hydrogens (primary N) is 1. The average Bonchev–Trinajstić information content (AvgIpc) is 2.53. The van der Waals surface area contributed by atoms with Crippen molar-refractivity contribution in [3.05, 3.63) is 82.9 Å². The Labute approximate surface area is 124 Å². The van der Waals surface area contributed by atoms with E-state index in [-0.39, 0.29) is 5.92 Å². The monoisotopic (exact) mass is 282 g/mol. The molecule has 0 aromatic heterocycles. The Morgan fingerprint density at radius 1 is 1.05 bits per heavy atom. The molecule has 2 aromatic rings. The number of thioether (sulfide) groups is 1. The smallest absolute Gasteiger partial charge is 0.0578 e. The van der Waals surface area contributed by atoms with Gasteiger partial charge in [0.1, 0.15) is 0 Å². The molecule has 0 fully saturated rings. The highest BCUT2D eigenvalue weighted by Gasteiger charge is 2.17. The van der Waals surface area contributed by atoms with Crippen LogP contribution in [-0.2, 0) is 0 Å². The summed E-state index contributed by atoms with van der Waals surface area (Å²) in [6.45, 7) is 3.71. The number of hydrogen-bond donors (Lipinski definition) is 1. The van der Waals surface area contributed by atoms with E-state index in [4.69, 9.17) is 5.73 Å². The third kappa shape index (κ3) is 3.59. The summed E-state index contributed by atoms with van der Waals surface area (Å²) >= 11 is 1.54. The quantitative estimate of drug-likeness (QED) is 0.642. The Bertz CT molecular complexity index is 525. The zero-order valence-corrected chi connectivity index (χ0v) is 12.1. The minimum atomic E-state index is 0.0916. The maximum Gasteiger partial charge on any atom is 0.0578 e.